The Labute approximate surface area is 336 Å². The summed E-state index contributed by atoms with van der Waals surface area (Å²) in [5, 5.41) is 9.90. The number of nitrogens with zero attached hydrogens (tertiary/aromatic N) is 3. The molecule has 10 aromatic carbocycles. The zero-order valence-corrected chi connectivity index (χ0v) is 31.5. The number of hydrogen-bond acceptors (Lipinski definition) is 3. The highest BCUT2D eigenvalue weighted by atomic mass is 15.0. The van der Waals surface area contributed by atoms with Crippen LogP contribution in [0, 0.1) is 0 Å². The number of fused-ring (bicyclic) bond motifs is 5. The Morgan fingerprint density at radius 1 is 0.224 bits per heavy atom. The lowest BCUT2D eigenvalue weighted by molar-refractivity contribution is 1.07. The third-order valence-electron chi connectivity index (χ3n) is 11.3. The van der Waals surface area contributed by atoms with Crippen LogP contribution in [-0.4, -0.2) is 15.0 Å². The zero-order chi connectivity index (χ0) is 38.4. The van der Waals surface area contributed by atoms with Gasteiger partial charge in [0.15, 0.2) is 17.5 Å². The van der Waals surface area contributed by atoms with Crippen molar-refractivity contribution in [3.63, 3.8) is 0 Å². The molecule has 0 unspecified atom stereocenters. The van der Waals surface area contributed by atoms with Gasteiger partial charge in [0.1, 0.15) is 0 Å². The van der Waals surface area contributed by atoms with E-state index in [1.54, 1.807) is 0 Å². The molecular formula is C55H35N3. The summed E-state index contributed by atoms with van der Waals surface area (Å²) in [5.41, 5.74) is 9.68. The predicted molar refractivity (Wildman–Crippen MR) is 242 cm³/mol. The van der Waals surface area contributed by atoms with E-state index in [4.69, 9.17) is 15.0 Å². The van der Waals surface area contributed by atoms with Crippen molar-refractivity contribution in [3.05, 3.63) is 212 Å². The molecule has 0 amide bonds. The molecule has 0 aliphatic carbocycles. The van der Waals surface area contributed by atoms with Crippen molar-refractivity contribution in [2.24, 2.45) is 0 Å². The van der Waals surface area contributed by atoms with Crippen LogP contribution < -0.4 is 0 Å². The lowest BCUT2D eigenvalue weighted by atomic mass is 9.89. The first-order chi connectivity index (χ1) is 28.7. The van der Waals surface area contributed by atoms with Crippen molar-refractivity contribution in [2.75, 3.05) is 0 Å². The molecule has 0 atom stereocenters. The summed E-state index contributed by atoms with van der Waals surface area (Å²) in [6.45, 7) is 0. The van der Waals surface area contributed by atoms with Gasteiger partial charge in [-0.3, -0.25) is 0 Å². The van der Waals surface area contributed by atoms with Crippen LogP contribution in [0.5, 0.6) is 0 Å². The molecule has 1 heterocycles. The molecular weight excluding hydrogens is 703 g/mol. The minimum atomic E-state index is 0.627. The van der Waals surface area contributed by atoms with Gasteiger partial charge < -0.3 is 0 Å². The first-order valence-corrected chi connectivity index (χ1v) is 19.7. The predicted octanol–water partition coefficient (Wildman–Crippen LogP) is 14.5. The minimum Gasteiger partial charge on any atom is -0.208 e. The van der Waals surface area contributed by atoms with Crippen molar-refractivity contribution in [3.8, 4) is 67.5 Å². The second kappa shape index (κ2) is 14.1. The normalized spacial score (nSPS) is 11.4. The van der Waals surface area contributed by atoms with Gasteiger partial charge in [0.25, 0.3) is 0 Å². The standard InChI is InChI=1S/C55H35N3/c1-2-13-38(14-3-1)46-18-10-11-21-50(46)55-57-53(41-27-22-37(23-28-41)44-31-24-36-12-4-5-16-43(36)34-44)56-54(58-55)42-29-25-40(26-30-42)52-48-20-9-7-17-45(48)35-51-47-19-8-6-15-39(47)32-33-49(51)52/h1-35H. The molecule has 0 saturated carbocycles. The SMILES string of the molecule is c1ccc(-c2ccccc2-c2nc(-c3ccc(-c4ccc5ccccc5c4)cc3)nc(-c3ccc(-c4c5ccccc5cc5c4ccc4ccccc45)cc3)n2)cc1. The third kappa shape index (κ3) is 5.98. The van der Waals surface area contributed by atoms with E-state index in [9.17, 15) is 0 Å². The fourth-order valence-corrected chi connectivity index (χ4v) is 8.40. The van der Waals surface area contributed by atoms with Crippen LogP contribution in [-0.2, 0) is 0 Å². The maximum absolute atomic E-state index is 5.19. The number of hydrogen-bond donors (Lipinski definition) is 0. The Morgan fingerprint density at radius 2 is 0.741 bits per heavy atom. The Bertz CT molecular complexity index is 3320. The molecule has 0 bridgehead atoms. The van der Waals surface area contributed by atoms with E-state index in [0.29, 0.717) is 17.5 Å². The minimum absolute atomic E-state index is 0.627. The number of aromatic nitrogens is 3. The van der Waals surface area contributed by atoms with E-state index in [-0.39, 0.29) is 0 Å². The quantitative estimate of drug-likeness (QED) is 0.126. The Balaban J connectivity index is 1.04. The smallest absolute Gasteiger partial charge is 0.164 e. The lowest BCUT2D eigenvalue weighted by Gasteiger charge is -2.15. The first kappa shape index (κ1) is 33.6. The van der Waals surface area contributed by atoms with Crippen LogP contribution in [0.1, 0.15) is 0 Å². The summed E-state index contributed by atoms with van der Waals surface area (Å²) in [7, 11) is 0. The zero-order valence-electron chi connectivity index (χ0n) is 31.5. The first-order valence-electron chi connectivity index (χ1n) is 19.7. The molecule has 58 heavy (non-hydrogen) atoms. The summed E-state index contributed by atoms with van der Waals surface area (Å²) in [5.74, 6) is 1.89. The van der Waals surface area contributed by atoms with Crippen molar-refractivity contribution in [1.29, 1.82) is 0 Å². The van der Waals surface area contributed by atoms with Crippen LogP contribution in [0.2, 0.25) is 0 Å². The molecule has 0 aliphatic heterocycles. The van der Waals surface area contributed by atoms with Gasteiger partial charge in [0.05, 0.1) is 0 Å². The van der Waals surface area contributed by atoms with Crippen molar-refractivity contribution in [2.45, 2.75) is 0 Å². The van der Waals surface area contributed by atoms with Crippen LogP contribution >= 0.6 is 0 Å². The molecule has 0 fully saturated rings. The molecule has 0 saturated heterocycles. The molecule has 1 aromatic heterocycles. The van der Waals surface area contributed by atoms with Crippen molar-refractivity contribution in [1.82, 2.24) is 15.0 Å². The largest absolute Gasteiger partial charge is 0.208 e. The summed E-state index contributed by atoms with van der Waals surface area (Å²) in [6.07, 6.45) is 0. The molecule has 3 nitrogen and oxygen atoms in total. The monoisotopic (exact) mass is 737 g/mol. The van der Waals surface area contributed by atoms with E-state index >= 15 is 0 Å². The van der Waals surface area contributed by atoms with Crippen LogP contribution in [0.15, 0.2) is 212 Å². The lowest BCUT2D eigenvalue weighted by Crippen LogP contribution is -2.01. The van der Waals surface area contributed by atoms with Crippen molar-refractivity contribution < 1.29 is 0 Å². The maximum atomic E-state index is 5.19. The molecule has 11 rings (SSSR count). The highest BCUT2D eigenvalue weighted by Gasteiger charge is 2.17. The van der Waals surface area contributed by atoms with Gasteiger partial charge in [-0.25, -0.2) is 15.0 Å². The van der Waals surface area contributed by atoms with Gasteiger partial charge in [0, 0.05) is 16.7 Å². The molecule has 0 aliphatic rings. The third-order valence-corrected chi connectivity index (χ3v) is 11.3. The van der Waals surface area contributed by atoms with E-state index < -0.39 is 0 Å². The average molecular weight is 738 g/mol. The topological polar surface area (TPSA) is 38.7 Å². The molecule has 0 N–H and O–H groups in total. The number of benzene rings is 10. The van der Waals surface area contributed by atoms with Gasteiger partial charge in [-0.15, -0.1) is 0 Å². The highest BCUT2D eigenvalue weighted by Crippen LogP contribution is 2.40. The summed E-state index contributed by atoms with van der Waals surface area (Å²) < 4.78 is 0. The Hall–Kier alpha value is -7.75. The van der Waals surface area contributed by atoms with Gasteiger partial charge in [-0.1, -0.05) is 200 Å². The molecule has 11 aromatic rings. The van der Waals surface area contributed by atoms with Crippen molar-refractivity contribution >= 4 is 43.1 Å². The fourth-order valence-electron chi connectivity index (χ4n) is 8.40. The van der Waals surface area contributed by atoms with Crippen LogP contribution in [0.4, 0.5) is 0 Å². The molecule has 3 heteroatoms. The second-order valence-corrected chi connectivity index (χ2v) is 14.8. The average Bonchev–Trinajstić information content (AvgIpc) is 3.31. The van der Waals surface area contributed by atoms with Gasteiger partial charge in [0.2, 0.25) is 0 Å². The van der Waals surface area contributed by atoms with E-state index in [1.807, 2.05) is 6.07 Å². The van der Waals surface area contributed by atoms with E-state index in [1.165, 1.54) is 54.2 Å². The highest BCUT2D eigenvalue weighted by molar-refractivity contribution is 6.20. The van der Waals surface area contributed by atoms with Gasteiger partial charge in [-0.2, -0.15) is 0 Å². The number of rotatable bonds is 6. The van der Waals surface area contributed by atoms with Gasteiger partial charge >= 0.3 is 0 Å². The van der Waals surface area contributed by atoms with E-state index in [2.05, 4.69) is 206 Å². The van der Waals surface area contributed by atoms with Gasteiger partial charge in [-0.05, 0) is 88.6 Å². The molecule has 0 spiro atoms. The van der Waals surface area contributed by atoms with E-state index in [0.717, 1.165) is 38.9 Å². The Morgan fingerprint density at radius 3 is 1.48 bits per heavy atom. The Kier molecular flexibility index (Phi) is 8.15. The summed E-state index contributed by atoms with van der Waals surface area (Å²) in [4.78, 5) is 15.5. The van der Waals surface area contributed by atoms with Crippen LogP contribution in [0.3, 0.4) is 0 Å². The molecule has 270 valence electrons. The maximum Gasteiger partial charge on any atom is 0.164 e. The molecule has 0 radical (unpaired) electrons. The summed E-state index contributed by atoms with van der Waals surface area (Å²) in [6, 6.07) is 75.3. The second-order valence-electron chi connectivity index (χ2n) is 14.8. The fraction of sp³-hybridized carbons (Fsp3) is 0. The summed E-state index contributed by atoms with van der Waals surface area (Å²) >= 11 is 0. The van der Waals surface area contributed by atoms with Crippen LogP contribution in [0.25, 0.3) is 111 Å².